The van der Waals surface area contributed by atoms with Crippen molar-refractivity contribution in [2.24, 2.45) is 0 Å². The molecule has 0 amide bonds. The van der Waals surface area contributed by atoms with Crippen molar-refractivity contribution in [2.75, 3.05) is 20.7 Å². The summed E-state index contributed by atoms with van der Waals surface area (Å²) in [5.74, 6) is 0.601. The van der Waals surface area contributed by atoms with Crippen LogP contribution in [0.3, 0.4) is 0 Å². The minimum absolute atomic E-state index is 0.000874. The van der Waals surface area contributed by atoms with Crippen LogP contribution in [0.5, 0.6) is 0 Å². The number of benzene rings is 1. The van der Waals surface area contributed by atoms with E-state index in [2.05, 4.69) is 49.5 Å². The van der Waals surface area contributed by atoms with Crippen molar-refractivity contribution in [1.82, 2.24) is 5.32 Å². The number of rotatable bonds is 8. The number of methoxy groups -OCH3 is 1. The lowest BCUT2D eigenvalue weighted by Crippen LogP contribution is -2.23. The molecule has 0 fully saturated rings. The van der Waals surface area contributed by atoms with E-state index < -0.39 is 0 Å². The predicted octanol–water partition coefficient (Wildman–Crippen LogP) is 3.58. The fourth-order valence-corrected chi connectivity index (χ4v) is 2.23. The molecule has 102 valence electrons. The fourth-order valence-electron chi connectivity index (χ4n) is 2.23. The third kappa shape index (κ3) is 5.19. The zero-order valence-electron chi connectivity index (χ0n) is 12.2. The van der Waals surface area contributed by atoms with Gasteiger partial charge in [-0.3, -0.25) is 0 Å². The van der Waals surface area contributed by atoms with Crippen LogP contribution in [0.1, 0.15) is 44.6 Å². The van der Waals surface area contributed by atoms with Crippen molar-refractivity contribution in [3.8, 4) is 0 Å². The summed E-state index contributed by atoms with van der Waals surface area (Å²) in [6.45, 7) is 5.35. The highest BCUT2D eigenvalue weighted by atomic mass is 16.5. The second kappa shape index (κ2) is 7.55. The highest BCUT2D eigenvalue weighted by Gasteiger charge is 2.17. The Kier molecular flexibility index (Phi) is 6.37. The van der Waals surface area contributed by atoms with Gasteiger partial charge in [0.15, 0.2) is 0 Å². The number of ether oxygens (including phenoxy) is 1. The monoisotopic (exact) mass is 249 g/mol. The van der Waals surface area contributed by atoms with Crippen molar-refractivity contribution in [1.29, 1.82) is 0 Å². The molecule has 2 nitrogen and oxygen atoms in total. The van der Waals surface area contributed by atoms with E-state index in [1.807, 2.05) is 7.05 Å². The first-order valence-electron chi connectivity index (χ1n) is 6.84. The largest absolute Gasteiger partial charge is 0.379 e. The summed E-state index contributed by atoms with van der Waals surface area (Å²) >= 11 is 0. The molecule has 0 bridgehead atoms. The van der Waals surface area contributed by atoms with Crippen LogP contribution in [-0.4, -0.2) is 26.3 Å². The van der Waals surface area contributed by atoms with Gasteiger partial charge in [0, 0.05) is 13.7 Å². The zero-order valence-corrected chi connectivity index (χ0v) is 12.2. The van der Waals surface area contributed by atoms with Crippen LogP contribution in [0, 0.1) is 0 Å². The molecule has 1 aromatic carbocycles. The molecule has 0 heterocycles. The Bertz CT molecular complexity index is 321. The first-order valence-corrected chi connectivity index (χ1v) is 6.84. The van der Waals surface area contributed by atoms with Crippen molar-refractivity contribution in [3.63, 3.8) is 0 Å². The Labute approximate surface area is 112 Å². The summed E-state index contributed by atoms with van der Waals surface area (Å²) in [6, 6.07) is 10.8. The van der Waals surface area contributed by atoms with Crippen LogP contribution in [0.25, 0.3) is 0 Å². The Balaban J connectivity index is 2.49. The molecule has 0 spiro atoms. The van der Waals surface area contributed by atoms with E-state index in [0.29, 0.717) is 5.92 Å². The summed E-state index contributed by atoms with van der Waals surface area (Å²) in [5, 5.41) is 3.30. The molecule has 1 unspecified atom stereocenters. The van der Waals surface area contributed by atoms with E-state index in [1.165, 1.54) is 18.4 Å². The third-order valence-electron chi connectivity index (χ3n) is 3.61. The minimum Gasteiger partial charge on any atom is -0.379 e. The highest BCUT2D eigenvalue weighted by molar-refractivity contribution is 5.19. The molecule has 0 aliphatic carbocycles. The summed E-state index contributed by atoms with van der Waals surface area (Å²) in [7, 11) is 3.82. The molecule has 0 saturated carbocycles. The van der Waals surface area contributed by atoms with Gasteiger partial charge in [0.05, 0.1) is 5.60 Å². The molecule has 0 aromatic heterocycles. The fraction of sp³-hybridized carbons (Fsp3) is 0.625. The summed E-state index contributed by atoms with van der Waals surface area (Å²) in [6.07, 6.45) is 3.51. The van der Waals surface area contributed by atoms with Gasteiger partial charge in [-0.15, -0.1) is 0 Å². The molecule has 0 saturated heterocycles. The van der Waals surface area contributed by atoms with Crippen LogP contribution in [0.15, 0.2) is 30.3 Å². The summed E-state index contributed by atoms with van der Waals surface area (Å²) in [4.78, 5) is 0. The quantitative estimate of drug-likeness (QED) is 0.760. The summed E-state index contributed by atoms with van der Waals surface area (Å²) < 4.78 is 5.47. The topological polar surface area (TPSA) is 21.3 Å². The summed E-state index contributed by atoms with van der Waals surface area (Å²) in [5.41, 5.74) is 1.43. The van der Waals surface area contributed by atoms with Gasteiger partial charge in [0.2, 0.25) is 0 Å². The third-order valence-corrected chi connectivity index (χ3v) is 3.61. The molecule has 0 aliphatic heterocycles. The maximum absolute atomic E-state index is 5.47. The van der Waals surface area contributed by atoms with Gasteiger partial charge in [-0.25, -0.2) is 0 Å². The number of hydrogen-bond acceptors (Lipinski definition) is 2. The van der Waals surface area contributed by atoms with E-state index in [4.69, 9.17) is 4.74 Å². The van der Waals surface area contributed by atoms with Crippen LogP contribution >= 0.6 is 0 Å². The van der Waals surface area contributed by atoms with E-state index in [-0.39, 0.29) is 5.60 Å². The Hall–Kier alpha value is -0.860. The second-order valence-corrected chi connectivity index (χ2v) is 5.52. The Morgan fingerprint density at radius 2 is 1.89 bits per heavy atom. The zero-order chi connectivity index (χ0) is 13.4. The lowest BCUT2D eigenvalue weighted by molar-refractivity contribution is 0.0131. The molecular formula is C16H27NO. The van der Waals surface area contributed by atoms with Crippen LogP contribution in [0.4, 0.5) is 0 Å². The lowest BCUT2D eigenvalue weighted by Gasteiger charge is -2.24. The molecule has 1 aromatic rings. The normalized spacial score (nSPS) is 13.6. The van der Waals surface area contributed by atoms with Gasteiger partial charge in [-0.1, -0.05) is 30.3 Å². The van der Waals surface area contributed by atoms with Crippen molar-refractivity contribution in [3.05, 3.63) is 35.9 Å². The van der Waals surface area contributed by atoms with Crippen molar-refractivity contribution >= 4 is 0 Å². The molecule has 0 aliphatic rings. The van der Waals surface area contributed by atoms with E-state index in [0.717, 1.165) is 13.0 Å². The van der Waals surface area contributed by atoms with E-state index >= 15 is 0 Å². The second-order valence-electron chi connectivity index (χ2n) is 5.52. The van der Waals surface area contributed by atoms with Gasteiger partial charge < -0.3 is 10.1 Å². The predicted molar refractivity (Wildman–Crippen MR) is 78.0 cm³/mol. The van der Waals surface area contributed by atoms with Gasteiger partial charge in [0.1, 0.15) is 0 Å². The molecule has 1 N–H and O–H groups in total. The number of hydrogen-bond donors (Lipinski definition) is 1. The first-order chi connectivity index (χ1) is 8.59. The van der Waals surface area contributed by atoms with Crippen molar-refractivity contribution < 1.29 is 4.74 Å². The minimum atomic E-state index is 0.000874. The Morgan fingerprint density at radius 3 is 2.44 bits per heavy atom. The van der Waals surface area contributed by atoms with Crippen LogP contribution in [0.2, 0.25) is 0 Å². The molecule has 2 heteroatoms. The highest BCUT2D eigenvalue weighted by Crippen LogP contribution is 2.24. The van der Waals surface area contributed by atoms with Gasteiger partial charge >= 0.3 is 0 Å². The number of likely N-dealkylation sites (N-methyl/N-ethyl adjacent to an activating group) is 1. The molecule has 0 radical (unpaired) electrons. The maximum Gasteiger partial charge on any atom is 0.0622 e. The lowest BCUT2D eigenvalue weighted by atomic mass is 9.91. The van der Waals surface area contributed by atoms with E-state index in [1.54, 1.807) is 7.11 Å². The smallest absolute Gasteiger partial charge is 0.0622 e. The van der Waals surface area contributed by atoms with Crippen LogP contribution in [-0.2, 0) is 4.74 Å². The molecular weight excluding hydrogens is 222 g/mol. The Morgan fingerprint density at radius 1 is 1.22 bits per heavy atom. The molecule has 1 atom stereocenters. The van der Waals surface area contributed by atoms with Gasteiger partial charge in [-0.2, -0.15) is 0 Å². The van der Waals surface area contributed by atoms with Crippen LogP contribution < -0.4 is 5.32 Å². The standard InChI is InChI=1S/C16H27NO/c1-16(2,18-4)12-8-11-15(13-17-3)14-9-6-5-7-10-14/h5-7,9-10,15,17H,8,11-13H2,1-4H3. The number of nitrogens with one attached hydrogen (secondary N) is 1. The van der Waals surface area contributed by atoms with Gasteiger partial charge in [-0.05, 0) is 51.6 Å². The van der Waals surface area contributed by atoms with Gasteiger partial charge in [0.25, 0.3) is 0 Å². The molecule has 1 rings (SSSR count). The van der Waals surface area contributed by atoms with Crippen molar-refractivity contribution in [2.45, 2.75) is 44.6 Å². The average Bonchev–Trinajstić information content (AvgIpc) is 2.39. The van der Waals surface area contributed by atoms with E-state index in [9.17, 15) is 0 Å². The maximum atomic E-state index is 5.47. The average molecular weight is 249 g/mol. The SMILES string of the molecule is CNCC(CCCC(C)(C)OC)c1ccccc1. The first kappa shape index (κ1) is 15.2. The molecule has 18 heavy (non-hydrogen) atoms.